The second-order valence-electron chi connectivity index (χ2n) is 7.22. The molecule has 3 aromatic rings. The predicted octanol–water partition coefficient (Wildman–Crippen LogP) is 6.11. The molecule has 0 aliphatic carbocycles. The third-order valence-corrected chi connectivity index (χ3v) is 6.52. The first-order chi connectivity index (χ1) is 15.1. The molecular weight excluding hydrogens is 412 g/mol. The molecule has 0 aromatic heterocycles. The molecule has 0 unspecified atom stereocenters. The molecule has 0 amide bonds. The summed E-state index contributed by atoms with van der Waals surface area (Å²) in [6.07, 6.45) is -0.176. The third-order valence-electron chi connectivity index (χ3n) is 5.49. The zero-order chi connectivity index (χ0) is 22.0. The van der Waals surface area contributed by atoms with Gasteiger partial charge >= 0.3 is 0 Å². The maximum atomic E-state index is 6.44. The second-order valence-corrected chi connectivity index (χ2v) is 8.33. The molecular formula is C25H26O5S. The van der Waals surface area contributed by atoms with Crippen molar-refractivity contribution in [3.05, 3.63) is 65.7 Å². The van der Waals surface area contributed by atoms with Gasteiger partial charge in [0.15, 0.2) is 23.0 Å². The average Bonchev–Trinajstić information content (AvgIpc) is 3.14. The Balaban J connectivity index is 1.75. The zero-order valence-electron chi connectivity index (χ0n) is 18.3. The number of ether oxygens (including phenoxy) is 5. The second kappa shape index (κ2) is 9.02. The van der Waals surface area contributed by atoms with Crippen molar-refractivity contribution in [2.24, 2.45) is 0 Å². The zero-order valence-corrected chi connectivity index (χ0v) is 19.1. The van der Waals surface area contributed by atoms with E-state index in [4.69, 9.17) is 23.7 Å². The Kier molecular flexibility index (Phi) is 6.18. The van der Waals surface area contributed by atoms with E-state index < -0.39 is 0 Å². The minimum atomic E-state index is -0.176. The van der Waals surface area contributed by atoms with Crippen molar-refractivity contribution in [2.45, 2.75) is 28.7 Å². The van der Waals surface area contributed by atoms with Crippen LogP contribution in [-0.4, -0.2) is 28.4 Å². The maximum Gasteiger partial charge on any atom is 0.204 e. The van der Waals surface area contributed by atoms with Crippen LogP contribution in [-0.2, 0) is 0 Å². The molecule has 1 aliphatic rings. The standard InChI is InChI=1S/C25H26O5S/c1-15-18-14-21(31-17-9-7-6-8-10-17)24(28-4)25(29-5)23(18)30-22(15)16-11-12-19(26-2)20(13-16)27-3/h6-15,22H,1-5H3/t15-,22-/m0/s1. The van der Waals surface area contributed by atoms with Crippen LogP contribution in [0.5, 0.6) is 28.7 Å². The molecule has 31 heavy (non-hydrogen) atoms. The lowest BCUT2D eigenvalue weighted by atomic mass is 9.92. The van der Waals surface area contributed by atoms with Crippen molar-refractivity contribution in [2.75, 3.05) is 28.4 Å². The van der Waals surface area contributed by atoms with Gasteiger partial charge in [-0.25, -0.2) is 0 Å². The highest BCUT2D eigenvalue weighted by Crippen LogP contribution is 2.57. The molecule has 3 aromatic carbocycles. The molecule has 6 heteroatoms. The fourth-order valence-electron chi connectivity index (χ4n) is 3.93. The highest BCUT2D eigenvalue weighted by atomic mass is 32.2. The van der Waals surface area contributed by atoms with E-state index in [9.17, 15) is 0 Å². The van der Waals surface area contributed by atoms with Crippen LogP contribution in [0, 0.1) is 0 Å². The fourth-order valence-corrected chi connectivity index (χ4v) is 4.93. The van der Waals surface area contributed by atoms with Crippen LogP contribution in [0.2, 0.25) is 0 Å². The SMILES string of the molecule is COc1ccc([C@H]2Oc3c(cc(Sc4ccccc4)c(OC)c3OC)[C@@H]2C)cc1OC. The van der Waals surface area contributed by atoms with Gasteiger partial charge in [0.1, 0.15) is 6.10 Å². The smallest absolute Gasteiger partial charge is 0.204 e. The minimum absolute atomic E-state index is 0.114. The molecule has 0 spiro atoms. The molecule has 0 N–H and O–H groups in total. The summed E-state index contributed by atoms with van der Waals surface area (Å²) in [6, 6.07) is 18.3. The Labute approximate surface area is 187 Å². The summed E-state index contributed by atoms with van der Waals surface area (Å²) >= 11 is 1.65. The van der Waals surface area contributed by atoms with Crippen molar-refractivity contribution in [3.8, 4) is 28.7 Å². The van der Waals surface area contributed by atoms with Crippen LogP contribution in [0.3, 0.4) is 0 Å². The lowest BCUT2D eigenvalue weighted by Gasteiger charge is -2.18. The van der Waals surface area contributed by atoms with Gasteiger partial charge in [-0.3, -0.25) is 0 Å². The van der Waals surface area contributed by atoms with E-state index in [1.165, 1.54) is 0 Å². The molecule has 1 aliphatic heterocycles. The minimum Gasteiger partial charge on any atom is -0.493 e. The van der Waals surface area contributed by atoms with Crippen molar-refractivity contribution in [1.29, 1.82) is 0 Å². The van der Waals surface area contributed by atoms with Gasteiger partial charge in [0.25, 0.3) is 0 Å². The van der Waals surface area contributed by atoms with E-state index in [0.29, 0.717) is 23.0 Å². The molecule has 0 bridgehead atoms. The van der Waals surface area contributed by atoms with Gasteiger partial charge in [0.05, 0.1) is 33.3 Å². The van der Waals surface area contributed by atoms with Crippen LogP contribution < -0.4 is 23.7 Å². The summed E-state index contributed by atoms with van der Waals surface area (Å²) in [4.78, 5) is 2.12. The summed E-state index contributed by atoms with van der Waals surface area (Å²) in [5, 5.41) is 0. The summed E-state index contributed by atoms with van der Waals surface area (Å²) in [7, 11) is 6.57. The van der Waals surface area contributed by atoms with Gasteiger partial charge in [0.2, 0.25) is 5.75 Å². The predicted molar refractivity (Wildman–Crippen MR) is 121 cm³/mol. The van der Waals surface area contributed by atoms with E-state index in [1.807, 2.05) is 36.4 Å². The van der Waals surface area contributed by atoms with Crippen molar-refractivity contribution in [1.82, 2.24) is 0 Å². The monoisotopic (exact) mass is 438 g/mol. The lowest BCUT2D eigenvalue weighted by molar-refractivity contribution is 0.205. The van der Waals surface area contributed by atoms with Crippen molar-refractivity contribution in [3.63, 3.8) is 0 Å². The fraction of sp³-hybridized carbons (Fsp3) is 0.280. The summed E-state index contributed by atoms with van der Waals surface area (Å²) in [5.41, 5.74) is 2.11. The van der Waals surface area contributed by atoms with Gasteiger partial charge < -0.3 is 23.7 Å². The van der Waals surface area contributed by atoms with E-state index in [2.05, 4.69) is 25.1 Å². The Bertz CT molecular complexity index is 1070. The molecule has 162 valence electrons. The molecule has 0 saturated carbocycles. The number of benzene rings is 3. The number of hydrogen-bond acceptors (Lipinski definition) is 6. The molecule has 5 nitrogen and oxygen atoms in total. The normalized spacial score (nSPS) is 16.9. The van der Waals surface area contributed by atoms with E-state index >= 15 is 0 Å². The maximum absolute atomic E-state index is 6.44. The largest absolute Gasteiger partial charge is 0.493 e. The topological polar surface area (TPSA) is 46.2 Å². The van der Waals surface area contributed by atoms with E-state index in [-0.39, 0.29) is 12.0 Å². The number of methoxy groups -OCH3 is 4. The lowest BCUT2D eigenvalue weighted by Crippen LogP contribution is -2.07. The van der Waals surface area contributed by atoms with Crippen LogP contribution in [0.15, 0.2) is 64.4 Å². The summed E-state index contributed by atoms with van der Waals surface area (Å²) in [5.74, 6) is 3.50. The van der Waals surface area contributed by atoms with Gasteiger partial charge in [0, 0.05) is 16.4 Å². The summed E-state index contributed by atoms with van der Waals surface area (Å²) in [6.45, 7) is 2.16. The van der Waals surface area contributed by atoms with Gasteiger partial charge in [-0.15, -0.1) is 0 Å². The first kappa shape index (κ1) is 21.2. The molecule has 4 rings (SSSR count). The first-order valence-electron chi connectivity index (χ1n) is 10.0. The van der Waals surface area contributed by atoms with Gasteiger partial charge in [-0.05, 0) is 35.9 Å². The third kappa shape index (κ3) is 3.88. The molecule has 2 atom stereocenters. The van der Waals surface area contributed by atoms with E-state index in [1.54, 1.807) is 40.2 Å². The van der Waals surface area contributed by atoms with Crippen molar-refractivity contribution < 1.29 is 23.7 Å². The Morgan fingerprint density at radius 1 is 0.774 bits per heavy atom. The van der Waals surface area contributed by atoms with Gasteiger partial charge in [-0.1, -0.05) is 43.0 Å². The summed E-state index contributed by atoms with van der Waals surface area (Å²) < 4.78 is 28.8. The Morgan fingerprint density at radius 3 is 2.13 bits per heavy atom. The Morgan fingerprint density at radius 2 is 1.48 bits per heavy atom. The van der Waals surface area contributed by atoms with E-state index in [0.717, 1.165) is 26.7 Å². The number of fused-ring (bicyclic) bond motifs is 1. The first-order valence-corrected chi connectivity index (χ1v) is 10.8. The highest BCUT2D eigenvalue weighted by molar-refractivity contribution is 7.99. The number of hydrogen-bond donors (Lipinski definition) is 0. The van der Waals surface area contributed by atoms with Crippen LogP contribution in [0.25, 0.3) is 0 Å². The molecule has 0 radical (unpaired) electrons. The highest BCUT2D eigenvalue weighted by Gasteiger charge is 2.37. The quantitative estimate of drug-likeness (QED) is 0.444. The van der Waals surface area contributed by atoms with Crippen molar-refractivity contribution >= 4 is 11.8 Å². The van der Waals surface area contributed by atoms with Crippen LogP contribution in [0.1, 0.15) is 30.1 Å². The Hall–Kier alpha value is -2.99. The molecule has 1 heterocycles. The average molecular weight is 439 g/mol. The van der Waals surface area contributed by atoms with Gasteiger partial charge in [-0.2, -0.15) is 0 Å². The molecule has 0 fully saturated rings. The number of rotatable bonds is 7. The van der Waals surface area contributed by atoms with Crippen LogP contribution in [0.4, 0.5) is 0 Å². The molecule has 0 saturated heterocycles. The van der Waals surface area contributed by atoms with Crippen LogP contribution >= 0.6 is 11.8 Å².